The fraction of sp³-hybridized carbons (Fsp3) is 0.300. The number of carbonyl (C=O) groups excluding carboxylic acids is 2. The molecule has 1 fully saturated rings. The number of aromatic nitrogens is 1. The van der Waals surface area contributed by atoms with Gasteiger partial charge in [-0.05, 0) is 12.5 Å². The van der Waals surface area contributed by atoms with Crippen LogP contribution in [0.3, 0.4) is 0 Å². The van der Waals surface area contributed by atoms with Gasteiger partial charge in [0, 0.05) is 18.4 Å². The van der Waals surface area contributed by atoms with Crippen molar-refractivity contribution >= 4 is 11.8 Å². The Labute approximate surface area is 85.9 Å². The van der Waals surface area contributed by atoms with Crippen molar-refractivity contribution in [3.05, 3.63) is 29.6 Å². The number of amides is 2. The second-order valence-electron chi connectivity index (χ2n) is 3.87. The van der Waals surface area contributed by atoms with E-state index in [1.165, 1.54) is 17.3 Å². The number of hydrogen-bond acceptors (Lipinski definition) is 4. The predicted molar refractivity (Wildman–Crippen MR) is 51.1 cm³/mol. The Hall–Kier alpha value is -1.75. The zero-order valence-electron chi connectivity index (χ0n) is 7.88. The molecule has 0 spiro atoms. The highest BCUT2D eigenvalue weighted by Gasteiger charge is 2.49. The molecule has 1 aromatic rings. The van der Waals surface area contributed by atoms with Crippen LogP contribution >= 0.6 is 0 Å². The Bertz CT molecular complexity index is 436. The Morgan fingerprint density at radius 2 is 2.00 bits per heavy atom. The van der Waals surface area contributed by atoms with Crippen LogP contribution in [0.15, 0.2) is 18.5 Å². The lowest BCUT2D eigenvalue weighted by Gasteiger charge is -2.11. The number of carbonyl (C=O) groups is 2. The highest BCUT2D eigenvalue weighted by atomic mass is 16.2. The second-order valence-corrected chi connectivity index (χ2v) is 3.87. The summed E-state index contributed by atoms with van der Waals surface area (Å²) in [5.74, 6) is -0.503. The standard InChI is InChI=1S/C10H9N3O2/c11-7-3-8(7)13-9(14)5-1-2-12-4-6(5)10(13)15/h1-2,4,7-8H,3,11H2. The van der Waals surface area contributed by atoms with Crippen LogP contribution in [0.4, 0.5) is 0 Å². The van der Waals surface area contributed by atoms with Crippen molar-refractivity contribution in [2.45, 2.75) is 18.5 Å². The number of hydrogen-bond donors (Lipinski definition) is 1. The van der Waals surface area contributed by atoms with Crippen LogP contribution in [0.5, 0.6) is 0 Å². The minimum atomic E-state index is -0.263. The molecular formula is C10H9N3O2. The van der Waals surface area contributed by atoms with E-state index in [4.69, 9.17) is 5.73 Å². The summed E-state index contributed by atoms with van der Waals surface area (Å²) in [7, 11) is 0. The summed E-state index contributed by atoms with van der Waals surface area (Å²) >= 11 is 0. The number of nitrogens with two attached hydrogens (primary N) is 1. The van der Waals surface area contributed by atoms with Gasteiger partial charge in [0.25, 0.3) is 11.8 Å². The molecule has 0 bridgehead atoms. The maximum atomic E-state index is 11.9. The van der Waals surface area contributed by atoms with E-state index >= 15 is 0 Å². The van der Waals surface area contributed by atoms with E-state index in [-0.39, 0.29) is 23.9 Å². The smallest absolute Gasteiger partial charge is 0.263 e. The van der Waals surface area contributed by atoms with E-state index in [0.717, 1.165) is 0 Å². The second kappa shape index (κ2) is 2.64. The molecule has 2 heterocycles. The average molecular weight is 203 g/mol. The average Bonchev–Trinajstić information content (AvgIpc) is 2.89. The molecule has 2 amide bonds. The maximum Gasteiger partial charge on any atom is 0.263 e. The summed E-state index contributed by atoms with van der Waals surface area (Å²) < 4.78 is 0. The van der Waals surface area contributed by atoms with Gasteiger partial charge in [-0.25, -0.2) is 0 Å². The first kappa shape index (κ1) is 8.55. The van der Waals surface area contributed by atoms with E-state index in [0.29, 0.717) is 17.5 Å². The molecule has 0 saturated heterocycles. The zero-order chi connectivity index (χ0) is 10.6. The summed E-state index contributed by atoms with van der Waals surface area (Å²) in [6, 6.07) is 1.40. The molecule has 2 aliphatic rings. The molecule has 2 N–H and O–H groups in total. The largest absolute Gasteiger partial charge is 0.326 e. The third-order valence-corrected chi connectivity index (χ3v) is 2.86. The van der Waals surface area contributed by atoms with Gasteiger partial charge in [-0.3, -0.25) is 19.5 Å². The number of fused-ring (bicyclic) bond motifs is 1. The maximum absolute atomic E-state index is 11.9. The van der Waals surface area contributed by atoms with Gasteiger partial charge in [-0.2, -0.15) is 0 Å². The van der Waals surface area contributed by atoms with Crippen molar-refractivity contribution < 1.29 is 9.59 Å². The van der Waals surface area contributed by atoms with Crippen LogP contribution < -0.4 is 5.73 Å². The van der Waals surface area contributed by atoms with Gasteiger partial charge in [-0.15, -0.1) is 0 Å². The van der Waals surface area contributed by atoms with E-state index in [9.17, 15) is 9.59 Å². The molecule has 2 unspecified atom stereocenters. The van der Waals surface area contributed by atoms with Crippen LogP contribution in [0.25, 0.3) is 0 Å². The van der Waals surface area contributed by atoms with Gasteiger partial charge >= 0.3 is 0 Å². The van der Waals surface area contributed by atoms with Crippen molar-refractivity contribution in [3.8, 4) is 0 Å². The Balaban J connectivity index is 2.05. The molecule has 1 saturated carbocycles. The van der Waals surface area contributed by atoms with Crippen LogP contribution in [-0.4, -0.2) is 33.8 Å². The first-order chi connectivity index (χ1) is 7.20. The summed E-state index contributed by atoms with van der Waals surface area (Å²) in [6.07, 6.45) is 3.66. The Kier molecular flexibility index (Phi) is 1.50. The minimum absolute atomic E-state index is 0.0554. The normalized spacial score (nSPS) is 28.2. The molecule has 1 aromatic heterocycles. The number of rotatable bonds is 1. The molecule has 5 nitrogen and oxygen atoms in total. The molecule has 1 aliphatic carbocycles. The molecule has 0 radical (unpaired) electrons. The fourth-order valence-corrected chi connectivity index (χ4v) is 1.90. The molecule has 15 heavy (non-hydrogen) atoms. The van der Waals surface area contributed by atoms with Gasteiger partial charge in [0.15, 0.2) is 0 Å². The van der Waals surface area contributed by atoms with Gasteiger partial charge in [0.05, 0.1) is 17.2 Å². The quantitative estimate of drug-likeness (QED) is 0.640. The summed E-state index contributed by atoms with van der Waals surface area (Å²) in [5, 5.41) is 0. The highest BCUT2D eigenvalue weighted by Crippen LogP contribution is 2.33. The molecule has 3 rings (SSSR count). The van der Waals surface area contributed by atoms with Gasteiger partial charge in [0.1, 0.15) is 0 Å². The lowest BCUT2D eigenvalue weighted by atomic mass is 10.2. The van der Waals surface area contributed by atoms with Gasteiger partial charge in [0.2, 0.25) is 0 Å². The number of pyridine rings is 1. The van der Waals surface area contributed by atoms with Crippen molar-refractivity contribution in [1.29, 1.82) is 0 Å². The predicted octanol–water partition coefficient (Wildman–Crippen LogP) is -0.223. The van der Waals surface area contributed by atoms with Crippen LogP contribution in [-0.2, 0) is 0 Å². The summed E-state index contributed by atoms with van der Waals surface area (Å²) in [5.41, 5.74) is 6.47. The summed E-state index contributed by atoms with van der Waals surface area (Å²) in [6.45, 7) is 0. The Morgan fingerprint density at radius 1 is 1.33 bits per heavy atom. The van der Waals surface area contributed by atoms with E-state index in [1.54, 1.807) is 6.07 Å². The molecule has 76 valence electrons. The van der Waals surface area contributed by atoms with Crippen LogP contribution in [0, 0.1) is 0 Å². The lowest BCUT2D eigenvalue weighted by Crippen LogP contribution is -2.35. The third kappa shape index (κ3) is 1.04. The van der Waals surface area contributed by atoms with E-state index < -0.39 is 0 Å². The molecule has 2 atom stereocenters. The number of nitrogens with zero attached hydrogens (tertiary/aromatic N) is 2. The highest BCUT2D eigenvalue weighted by molar-refractivity contribution is 6.21. The lowest BCUT2D eigenvalue weighted by molar-refractivity contribution is 0.0639. The van der Waals surface area contributed by atoms with Crippen molar-refractivity contribution in [2.24, 2.45) is 5.73 Å². The van der Waals surface area contributed by atoms with Crippen molar-refractivity contribution in [3.63, 3.8) is 0 Å². The van der Waals surface area contributed by atoms with E-state index in [1.807, 2.05) is 0 Å². The monoisotopic (exact) mass is 203 g/mol. The van der Waals surface area contributed by atoms with Gasteiger partial charge in [-0.1, -0.05) is 0 Å². The number of imide groups is 1. The van der Waals surface area contributed by atoms with Crippen LogP contribution in [0.2, 0.25) is 0 Å². The molecule has 5 heteroatoms. The molecular weight excluding hydrogens is 194 g/mol. The first-order valence-electron chi connectivity index (χ1n) is 4.77. The summed E-state index contributed by atoms with van der Waals surface area (Å²) in [4.78, 5) is 28.8. The minimum Gasteiger partial charge on any atom is -0.326 e. The third-order valence-electron chi connectivity index (χ3n) is 2.86. The van der Waals surface area contributed by atoms with Crippen molar-refractivity contribution in [1.82, 2.24) is 9.88 Å². The van der Waals surface area contributed by atoms with E-state index in [2.05, 4.69) is 4.98 Å². The fourth-order valence-electron chi connectivity index (χ4n) is 1.90. The molecule has 1 aliphatic heterocycles. The van der Waals surface area contributed by atoms with Gasteiger partial charge < -0.3 is 5.73 Å². The zero-order valence-corrected chi connectivity index (χ0v) is 7.88. The van der Waals surface area contributed by atoms with Crippen LogP contribution in [0.1, 0.15) is 27.1 Å². The Morgan fingerprint density at radius 3 is 2.60 bits per heavy atom. The first-order valence-corrected chi connectivity index (χ1v) is 4.77. The SMILES string of the molecule is NC1CC1N1C(=O)c2ccncc2C1=O. The molecule has 0 aromatic carbocycles. The van der Waals surface area contributed by atoms with Crippen molar-refractivity contribution in [2.75, 3.05) is 0 Å². The topological polar surface area (TPSA) is 76.3 Å².